The number of hydrogen-bond acceptors (Lipinski definition) is 5. The van der Waals surface area contributed by atoms with Crippen LogP contribution in [0.3, 0.4) is 0 Å². The fraction of sp³-hybridized carbons (Fsp3) is 0.625. The zero-order chi connectivity index (χ0) is 28.1. The van der Waals surface area contributed by atoms with Gasteiger partial charge in [-0.05, 0) is 107 Å². The molecule has 0 amide bonds. The van der Waals surface area contributed by atoms with Crippen LogP contribution < -0.4 is 10.1 Å². The number of methoxy groups -OCH3 is 2. The van der Waals surface area contributed by atoms with Gasteiger partial charge in [-0.15, -0.1) is 0 Å². The molecule has 2 aromatic carbocycles. The molecule has 2 rings (SSSR count). The number of nitrogens with one attached hydrogen (secondary N) is 1. The van der Waals surface area contributed by atoms with Gasteiger partial charge in [-0.2, -0.15) is 0 Å². The minimum atomic E-state index is -1.19. The summed E-state index contributed by atoms with van der Waals surface area (Å²) in [6, 6.07) is 8.92. The molecule has 0 heterocycles. The van der Waals surface area contributed by atoms with Gasteiger partial charge in [-0.3, -0.25) is 0 Å². The van der Waals surface area contributed by atoms with Gasteiger partial charge in [0, 0.05) is 32.4 Å². The van der Waals surface area contributed by atoms with Crippen molar-refractivity contribution in [2.45, 2.75) is 91.3 Å². The Kier molecular flexibility index (Phi) is 12.9. The van der Waals surface area contributed by atoms with E-state index in [1.54, 1.807) is 28.1 Å². The Bertz CT molecular complexity index is 986. The van der Waals surface area contributed by atoms with Crippen molar-refractivity contribution in [3.63, 3.8) is 0 Å². The third-order valence-electron chi connectivity index (χ3n) is 7.18. The van der Waals surface area contributed by atoms with Crippen LogP contribution in [0.15, 0.2) is 30.3 Å². The molecule has 0 aliphatic rings. The van der Waals surface area contributed by atoms with E-state index in [-0.39, 0.29) is 6.10 Å². The van der Waals surface area contributed by atoms with Crippen LogP contribution in [0.4, 0.5) is 0 Å². The standard InChI is InChI=1S/C32H51NO4/c1-24-16-10-11-17-27(24)18-12-15-21-37-20-14-9-8-13-19-33-23-30(35-6)28-22-29(32(4,5)34)31(36-7)26(3)25(28)2/h10-11,16-17,22,30,33-34H,8-9,12-15,18-21,23H2,1-7H3/i22D. The van der Waals surface area contributed by atoms with Crippen LogP contribution in [-0.2, 0) is 21.5 Å². The van der Waals surface area contributed by atoms with Crippen molar-refractivity contribution in [1.29, 1.82) is 0 Å². The molecule has 37 heavy (non-hydrogen) atoms. The molecule has 0 fully saturated rings. The van der Waals surface area contributed by atoms with Crippen molar-refractivity contribution >= 4 is 0 Å². The predicted octanol–water partition coefficient (Wildman–Crippen LogP) is 6.72. The number of aliphatic hydroxyl groups is 1. The SMILES string of the molecule is [2H]c1c(C(CNCCCCCCOCCCCc2ccccc2C)OC)c(C)c(C)c(OC)c1C(C)(C)O. The molecule has 0 aliphatic heterocycles. The fourth-order valence-electron chi connectivity index (χ4n) is 4.71. The van der Waals surface area contributed by atoms with Gasteiger partial charge in [0.05, 0.1) is 20.2 Å². The lowest BCUT2D eigenvalue weighted by Gasteiger charge is -2.27. The van der Waals surface area contributed by atoms with Crippen LogP contribution in [0, 0.1) is 20.8 Å². The van der Waals surface area contributed by atoms with Gasteiger partial charge in [-0.25, -0.2) is 0 Å². The molecule has 208 valence electrons. The van der Waals surface area contributed by atoms with E-state index in [1.165, 1.54) is 24.0 Å². The molecule has 0 radical (unpaired) electrons. The molecule has 5 nitrogen and oxygen atoms in total. The van der Waals surface area contributed by atoms with E-state index in [1.807, 2.05) is 13.8 Å². The molecule has 2 N–H and O–H groups in total. The van der Waals surface area contributed by atoms with Gasteiger partial charge in [0.25, 0.3) is 0 Å². The molecule has 0 saturated carbocycles. The predicted molar refractivity (Wildman–Crippen MR) is 154 cm³/mol. The van der Waals surface area contributed by atoms with Crippen molar-refractivity contribution in [1.82, 2.24) is 5.32 Å². The maximum Gasteiger partial charge on any atom is 0.128 e. The Labute approximate surface area is 227 Å². The second kappa shape index (κ2) is 16.1. The summed E-state index contributed by atoms with van der Waals surface area (Å²) in [4.78, 5) is 0. The normalized spacial score (nSPS) is 13.0. The maximum atomic E-state index is 10.8. The van der Waals surface area contributed by atoms with E-state index in [0.717, 1.165) is 68.6 Å². The number of aryl methyl sites for hydroxylation is 2. The number of ether oxygens (including phenoxy) is 3. The number of unbranched alkanes of at least 4 members (excludes halogenated alkanes) is 4. The number of rotatable bonds is 18. The maximum absolute atomic E-state index is 10.8. The molecule has 0 bridgehead atoms. The van der Waals surface area contributed by atoms with Gasteiger partial charge < -0.3 is 24.6 Å². The van der Waals surface area contributed by atoms with E-state index < -0.39 is 5.60 Å². The van der Waals surface area contributed by atoms with Crippen molar-refractivity contribution in [3.05, 3.63) is 63.7 Å². The van der Waals surface area contributed by atoms with Crippen molar-refractivity contribution < 1.29 is 20.7 Å². The van der Waals surface area contributed by atoms with Crippen molar-refractivity contribution in [2.24, 2.45) is 0 Å². The average molecular weight is 515 g/mol. The smallest absolute Gasteiger partial charge is 0.128 e. The summed E-state index contributed by atoms with van der Waals surface area (Å²) in [5, 5.41) is 14.3. The van der Waals surface area contributed by atoms with E-state index in [0.29, 0.717) is 23.9 Å². The fourth-order valence-corrected chi connectivity index (χ4v) is 4.71. The van der Waals surface area contributed by atoms with Crippen LogP contribution >= 0.6 is 0 Å². The van der Waals surface area contributed by atoms with Crippen LogP contribution in [0.5, 0.6) is 5.75 Å². The molecule has 1 atom stereocenters. The molecule has 2 aromatic rings. The molecule has 0 aromatic heterocycles. The monoisotopic (exact) mass is 514 g/mol. The topological polar surface area (TPSA) is 60.0 Å². The molecule has 5 heteroatoms. The highest BCUT2D eigenvalue weighted by Crippen LogP contribution is 2.38. The highest BCUT2D eigenvalue weighted by atomic mass is 16.5. The highest BCUT2D eigenvalue weighted by Gasteiger charge is 2.27. The Hall–Kier alpha value is -1.92. The first kappa shape index (κ1) is 29.6. The van der Waals surface area contributed by atoms with Crippen molar-refractivity contribution in [3.8, 4) is 5.75 Å². The summed E-state index contributed by atoms with van der Waals surface area (Å²) in [6.45, 7) is 12.8. The lowest BCUT2D eigenvalue weighted by molar-refractivity contribution is 0.0739. The van der Waals surface area contributed by atoms with Gasteiger partial charge in [-0.1, -0.05) is 37.1 Å². The molecule has 0 spiro atoms. The van der Waals surface area contributed by atoms with Gasteiger partial charge in [0.2, 0.25) is 0 Å². The van der Waals surface area contributed by atoms with Crippen LogP contribution in [-0.4, -0.2) is 45.6 Å². The summed E-state index contributed by atoms with van der Waals surface area (Å²) in [5.74, 6) is 0.581. The van der Waals surface area contributed by atoms with E-state index >= 15 is 0 Å². The Balaban J connectivity index is 1.66. The lowest BCUT2D eigenvalue weighted by Crippen LogP contribution is -2.25. The highest BCUT2D eigenvalue weighted by molar-refractivity contribution is 5.52. The summed E-state index contributed by atoms with van der Waals surface area (Å²) < 4.78 is 26.1. The van der Waals surface area contributed by atoms with Crippen molar-refractivity contribution in [2.75, 3.05) is 40.5 Å². The quantitative estimate of drug-likeness (QED) is 0.216. The second-order valence-corrected chi connectivity index (χ2v) is 10.6. The van der Waals surface area contributed by atoms with Crippen LogP contribution in [0.25, 0.3) is 0 Å². The summed E-state index contributed by atoms with van der Waals surface area (Å²) in [6.07, 6.45) is 7.68. The molecule has 0 saturated heterocycles. The summed E-state index contributed by atoms with van der Waals surface area (Å²) in [7, 11) is 3.27. The first-order chi connectivity index (χ1) is 18.1. The Morgan fingerprint density at radius 1 is 0.946 bits per heavy atom. The molecular weight excluding hydrogens is 462 g/mol. The van der Waals surface area contributed by atoms with Gasteiger partial charge >= 0.3 is 0 Å². The Morgan fingerprint density at radius 2 is 1.62 bits per heavy atom. The second-order valence-electron chi connectivity index (χ2n) is 10.6. The minimum absolute atomic E-state index is 0.271. The summed E-state index contributed by atoms with van der Waals surface area (Å²) in [5.41, 5.74) is 4.88. The first-order valence-electron chi connectivity index (χ1n) is 14.4. The average Bonchev–Trinajstić information content (AvgIpc) is 2.87. The van der Waals surface area contributed by atoms with Crippen LogP contribution in [0.2, 0.25) is 0 Å². The Morgan fingerprint density at radius 3 is 2.27 bits per heavy atom. The van der Waals surface area contributed by atoms with Gasteiger partial charge in [0.1, 0.15) is 5.75 Å². The van der Waals surface area contributed by atoms with Gasteiger partial charge in [0.15, 0.2) is 0 Å². The van der Waals surface area contributed by atoms with E-state index in [4.69, 9.17) is 15.6 Å². The summed E-state index contributed by atoms with van der Waals surface area (Å²) >= 11 is 0. The zero-order valence-corrected chi connectivity index (χ0v) is 24.3. The molecule has 1 unspecified atom stereocenters. The minimum Gasteiger partial charge on any atom is -0.496 e. The number of benzene rings is 2. The lowest BCUT2D eigenvalue weighted by atomic mass is 9.88. The van der Waals surface area contributed by atoms with Crippen LogP contribution in [0.1, 0.15) is 93.2 Å². The zero-order valence-electron chi connectivity index (χ0n) is 25.3. The van der Waals surface area contributed by atoms with E-state index in [2.05, 4.69) is 36.5 Å². The largest absolute Gasteiger partial charge is 0.496 e. The third-order valence-corrected chi connectivity index (χ3v) is 7.18. The first-order valence-corrected chi connectivity index (χ1v) is 13.9. The molecular formula is C32H51NO4. The number of hydrogen-bond donors (Lipinski definition) is 2. The van der Waals surface area contributed by atoms with E-state index in [9.17, 15) is 5.11 Å². The third kappa shape index (κ3) is 10.0. The molecule has 0 aliphatic carbocycles.